The summed E-state index contributed by atoms with van der Waals surface area (Å²) in [6.45, 7) is 4.50. The maximum absolute atomic E-state index is 6.28. The first-order valence-corrected chi connectivity index (χ1v) is 12.6. The predicted octanol–water partition coefficient (Wildman–Crippen LogP) is 4.69. The molecular formula is C13H20Cl2NSn. The molecule has 0 aliphatic carbocycles. The van der Waals surface area contributed by atoms with E-state index in [-0.39, 0.29) is 0 Å². The van der Waals surface area contributed by atoms with E-state index < -0.39 is 19.8 Å². The quantitative estimate of drug-likeness (QED) is 0.626. The van der Waals surface area contributed by atoms with Crippen LogP contribution in [0, 0.1) is 0 Å². The summed E-state index contributed by atoms with van der Waals surface area (Å²) in [5.74, 6) is 0. The second-order valence-corrected chi connectivity index (χ2v) is 12.8. The van der Waals surface area contributed by atoms with Crippen molar-refractivity contribution in [1.29, 1.82) is 0 Å². The van der Waals surface area contributed by atoms with Gasteiger partial charge in [0.05, 0.1) is 0 Å². The van der Waals surface area contributed by atoms with Crippen molar-refractivity contribution < 1.29 is 0 Å². The summed E-state index contributed by atoms with van der Waals surface area (Å²) in [4.78, 5) is 4.51. The van der Waals surface area contributed by atoms with Gasteiger partial charge < -0.3 is 0 Å². The average Bonchev–Trinajstić information content (AvgIpc) is 2.30. The van der Waals surface area contributed by atoms with Crippen molar-refractivity contribution in [1.82, 2.24) is 4.98 Å². The van der Waals surface area contributed by atoms with Gasteiger partial charge in [-0.1, -0.05) is 0 Å². The fraction of sp³-hybridized carbons (Fsp3) is 0.615. The first-order valence-electron chi connectivity index (χ1n) is 6.35. The fourth-order valence-corrected chi connectivity index (χ4v) is 11.5. The van der Waals surface area contributed by atoms with E-state index in [1.807, 2.05) is 6.07 Å². The third-order valence-corrected chi connectivity index (χ3v) is 12.3. The zero-order valence-electron chi connectivity index (χ0n) is 10.6. The minimum absolute atomic E-state index is 0.646. The summed E-state index contributed by atoms with van der Waals surface area (Å²) in [5.41, 5.74) is 0. The second kappa shape index (κ2) is 8.60. The summed E-state index contributed by atoms with van der Waals surface area (Å²) >= 11 is 10.6. The Morgan fingerprint density at radius 2 is 1.71 bits per heavy atom. The Balaban J connectivity index is 2.79. The molecule has 0 amide bonds. The molecule has 0 spiro atoms. The van der Waals surface area contributed by atoms with Crippen LogP contribution in [-0.4, -0.2) is 24.7 Å². The Kier molecular flexibility index (Phi) is 7.88. The Bertz CT molecular complexity index is 336. The zero-order valence-corrected chi connectivity index (χ0v) is 15.0. The topological polar surface area (TPSA) is 12.9 Å². The van der Waals surface area contributed by atoms with Gasteiger partial charge in [0.25, 0.3) is 0 Å². The second-order valence-electron chi connectivity index (χ2n) is 4.29. The molecule has 0 aliphatic heterocycles. The van der Waals surface area contributed by atoms with E-state index in [9.17, 15) is 0 Å². The molecular weight excluding hydrogens is 360 g/mol. The summed E-state index contributed by atoms with van der Waals surface area (Å²) in [6.07, 6.45) is 6.92. The molecule has 0 bridgehead atoms. The van der Waals surface area contributed by atoms with Crippen LogP contribution < -0.4 is 3.71 Å². The number of unbranched alkanes of at least 4 members (excludes halogenated alkanes) is 2. The first-order chi connectivity index (χ1) is 8.19. The minimum atomic E-state index is -1.60. The van der Waals surface area contributed by atoms with Crippen LogP contribution in [0.2, 0.25) is 18.9 Å². The van der Waals surface area contributed by atoms with Gasteiger partial charge >= 0.3 is 122 Å². The van der Waals surface area contributed by atoms with Gasteiger partial charge in [-0.2, -0.15) is 0 Å². The van der Waals surface area contributed by atoms with Crippen LogP contribution >= 0.6 is 23.2 Å². The number of pyridine rings is 1. The van der Waals surface area contributed by atoms with Gasteiger partial charge in [0.15, 0.2) is 0 Å². The summed E-state index contributed by atoms with van der Waals surface area (Å²) in [6, 6.07) is 1.85. The number of hydrogen-bond acceptors (Lipinski definition) is 1. The Labute approximate surface area is 122 Å². The fourth-order valence-electron chi connectivity index (χ4n) is 1.82. The summed E-state index contributed by atoms with van der Waals surface area (Å²) in [7, 11) is 0. The van der Waals surface area contributed by atoms with Gasteiger partial charge in [-0.05, 0) is 0 Å². The first kappa shape index (κ1) is 15.6. The molecule has 1 aromatic rings. The van der Waals surface area contributed by atoms with Crippen LogP contribution in [0.15, 0.2) is 12.3 Å². The molecule has 0 N–H and O–H groups in total. The maximum atomic E-state index is 6.28. The van der Waals surface area contributed by atoms with Crippen molar-refractivity contribution in [3.8, 4) is 0 Å². The van der Waals surface area contributed by atoms with Crippen molar-refractivity contribution in [2.24, 2.45) is 0 Å². The molecule has 0 saturated heterocycles. The van der Waals surface area contributed by atoms with Crippen molar-refractivity contribution in [3.63, 3.8) is 0 Å². The van der Waals surface area contributed by atoms with E-state index in [4.69, 9.17) is 23.2 Å². The van der Waals surface area contributed by atoms with E-state index in [1.54, 1.807) is 6.20 Å². The molecule has 0 aromatic carbocycles. The van der Waals surface area contributed by atoms with Crippen LogP contribution in [-0.2, 0) is 0 Å². The van der Waals surface area contributed by atoms with Gasteiger partial charge in [-0.25, -0.2) is 0 Å². The van der Waals surface area contributed by atoms with E-state index in [1.165, 1.54) is 38.3 Å². The van der Waals surface area contributed by atoms with Crippen LogP contribution in [0.5, 0.6) is 0 Å². The predicted molar refractivity (Wildman–Crippen MR) is 79.1 cm³/mol. The molecule has 1 aromatic heterocycles. The number of rotatable bonds is 7. The summed E-state index contributed by atoms with van der Waals surface area (Å²) < 4.78 is 3.96. The molecule has 4 heteroatoms. The molecule has 17 heavy (non-hydrogen) atoms. The molecule has 0 fully saturated rings. The van der Waals surface area contributed by atoms with Crippen molar-refractivity contribution in [2.75, 3.05) is 0 Å². The monoisotopic (exact) mass is 380 g/mol. The third-order valence-electron chi connectivity index (χ3n) is 2.81. The van der Waals surface area contributed by atoms with Gasteiger partial charge in [-0.15, -0.1) is 0 Å². The summed E-state index contributed by atoms with van der Waals surface area (Å²) in [5, 5.41) is 1.45. The SMILES string of the molecule is CCC[CH2][Sn]([CH2]CCC)[c]1ncc(Cl)cc1Cl. The number of aromatic nitrogens is 1. The standard InChI is InChI=1S/C5H2Cl2N.2C4H9.Sn/c6-4-1-5(7)3-8-2-4;2*1-3-4-2;/h1-2H;2*1,3-4H2,2H3;. The van der Waals surface area contributed by atoms with E-state index in [0.29, 0.717) is 5.02 Å². The number of halogens is 2. The molecule has 0 aliphatic rings. The van der Waals surface area contributed by atoms with E-state index in [0.717, 1.165) is 5.02 Å². The third kappa shape index (κ3) is 5.35. The van der Waals surface area contributed by atoms with Gasteiger partial charge in [0.1, 0.15) is 0 Å². The molecule has 1 heterocycles. The molecule has 1 nitrogen and oxygen atoms in total. The Morgan fingerprint density at radius 3 is 2.18 bits per heavy atom. The van der Waals surface area contributed by atoms with Crippen LogP contribution in [0.1, 0.15) is 39.5 Å². The van der Waals surface area contributed by atoms with E-state index >= 15 is 0 Å². The zero-order chi connectivity index (χ0) is 12.7. The molecule has 1 rings (SSSR count). The number of nitrogens with zero attached hydrogens (tertiary/aromatic N) is 1. The molecule has 0 atom stereocenters. The number of hydrogen-bond donors (Lipinski definition) is 0. The van der Waals surface area contributed by atoms with Crippen molar-refractivity contribution in [3.05, 3.63) is 22.3 Å². The molecule has 1 radical (unpaired) electrons. The average molecular weight is 380 g/mol. The molecule has 0 saturated carbocycles. The Hall–Kier alpha value is 0.529. The van der Waals surface area contributed by atoms with Crippen molar-refractivity contribution in [2.45, 2.75) is 48.4 Å². The normalized spacial score (nSPS) is 11.1. The van der Waals surface area contributed by atoms with Crippen LogP contribution in [0.4, 0.5) is 0 Å². The van der Waals surface area contributed by atoms with Crippen LogP contribution in [0.25, 0.3) is 0 Å². The van der Waals surface area contributed by atoms with Gasteiger partial charge in [0.2, 0.25) is 0 Å². The van der Waals surface area contributed by atoms with Crippen LogP contribution in [0.3, 0.4) is 0 Å². The molecule has 0 unspecified atom stereocenters. The Morgan fingerprint density at radius 1 is 1.12 bits per heavy atom. The van der Waals surface area contributed by atoms with E-state index in [2.05, 4.69) is 18.8 Å². The molecule has 95 valence electrons. The van der Waals surface area contributed by atoms with Gasteiger partial charge in [0, 0.05) is 0 Å². The van der Waals surface area contributed by atoms with Crippen molar-refractivity contribution >= 4 is 46.7 Å². The van der Waals surface area contributed by atoms with Gasteiger partial charge in [-0.3, -0.25) is 0 Å².